The molecule has 0 heterocycles. The molecule has 1 aromatic carbocycles. The van der Waals surface area contributed by atoms with Gasteiger partial charge in [0.05, 0.1) is 5.02 Å². The summed E-state index contributed by atoms with van der Waals surface area (Å²) in [6.07, 6.45) is 0. The van der Waals surface area contributed by atoms with Crippen LogP contribution in [0.3, 0.4) is 0 Å². The highest BCUT2D eigenvalue weighted by Crippen LogP contribution is 2.32. The largest absolute Gasteiger partial charge is 0.482 e. The summed E-state index contributed by atoms with van der Waals surface area (Å²) in [5.41, 5.74) is 6.20. The summed E-state index contributed by atoms with van der Waals surface area (Å²) in [6, 6.07) is 3.20. The molecule has 6 heteroatoms. The average molecular weight is 263 g/mol. The Balaban J connectivity index is 2.89. The first-order valence-corrected chi connectivity index (χ1v) is 5.35. The number of amides is 1. The molecule has 0 aromatic heterocycles. The van der Waals surface area contributed by atoms with E-state index < -0.39 is 0 Å². The van der Waals surface area contributed by atoms with Gasteiger partial charge in [-0.25, -0.2) is 0 Å². The van der Waals surface area contributed by atoms with Gasteiger partial charge >= 0.3 is 0 Å². The first kappa shape index (κ1) is 13.1. The normalized spacial score (nSPS) is 10.0. The van der Waals surface area contributed by atoms with Gasteiger partial charge in [-0.2, -0.15) is 0 Å². The van der Waals surface area contributed by atoms with Gasteiger partial charge in [-0.05, 0) is 12.1 Å². The average Bonchev–Trinajstić information content (AvgIpc) is 2.26. The molecule has 0 aliphatic carbocycles. The van der Waals surface area contributed by atoms with Crippen molar-refractivity contribution in [1.29, 1.82) is 0 Å². The molecular weight excluding hydrogens is 251 g/mol. The minimum atomic E-state index is -0.242. The third-order valence-electron chi connectivity index (χ3n) is 1.93. The van der Waals surface area contributed by atoms with E-state index in [4.69, 9.17) is 33.7 Å². The second kappa shape index (κ2) is 5.94. The quantitative estimate of drug-likeness (QED) is 0.866. The highest BCUT2D eigenvalue weighted by molar-refractivity contribution is 6.35. The highest BCUT2D eigenvalue weighted by Gasteiger charge is 2.11. The van der Waals surface area contributed by atoms with Gasteiger partial charge in [-0.15, -0.1) is 0 Å². The van der Waals surface area contributed by atoms with E-state index in [1.165, 1.54) is 7.05 Å². The van der Waals surface area contributed by atoms with E-state index in [1.54, 1.807) is 12.1 Å². The zero-order valence-corrected chi connectivity index (χ0v) is 10.2. The lowest BCUT2D eigenvalue weighted by atomic mass is 10.2. The van der Waals surface area contributed by atoms with Crippen molar-refractivity contribution in [3.63, 3.8) is 0 Å². The minimum absolute atomic E-state index is 0.106. The summed E-state index contributed by atoms with van der Waals surface area (Å²) in [5, 5.41) is 3.27. The van der Waals surface area contributed by atoms with E-state index in [2.05, 4.69) is 5.32 Å². The molecule has 16 heavy (non-hydrogen) atoms. The van der Waals surface area contributed by atoms with Crippen molar-refractivity contribution in [2.24, 2.45) is 5.73 Å². The number of ether oxygens (including phenoxy) is 1. The van der Waals surface area contributed by atoms with Crippen molar-refractivity contribution < 1.29 is 9.53 Å². The Kier molecular flexibility index (Phi) is 4.86. The zero-order valence-electron chi connectivity index (χ0n) is 8.72. The summed E-state index contributed by atoms with van der Waals surface area (Å²) in [7, 11) is 1.53. The van der Waals surface area contributed by atoms with Crippen LogP contribution >= 0.6 is 23.2 Å². The number of nitrogens with two attached hydrogens (primary N) is 1. The fraction of sp³-hybridized carbons (Fsp3) is 0.300. The standard InChI is InChI=1S/C10H12Cl2N2O2/c1-14-9(15)5-16-10-6(4-13)2-7(11)3-8(10)12/h2-3H,4-5,13H2,1H3,(H,14,15). The number of rotatable bonds is 4. The highest BCUT2D eigenvalue weighted by atomic mass is 35.5. The Morgan fingerprint density at radius 1 is 1.50 bits per heavy atom. The number of benzene rings is 1. The molecule has 0 aliphatic heterocycles. The second-order valence-corrected chi connectivity index (χ2v) is 3.89. The molecule has 0 saturated heterocycles. The summed E-state index contributed by atoms with van der Waals surface area (Å²) < 4.78 is 5.28. The van der Waals surface area contributed by atoms with Crippen LogP contribution in [0.25, 0.3) is 0 Å². The van der Waals surface area contributed by atoms with Gasteiger partial charge < -0.3 is 15.8 Å². The fourth-order valence-corrected chi connectivity index (χ4v) is 1.73. The van der Waals surface area contributed by atoms with E-state index in [9.17, 15) is 4.79 Å². The van der Waals surface area contributed by atoms with E-state index in [1.807, 2.05) is 0 Å². The van der Waals surface area contributed by atoms with Crippen LogP contribution in [-0.2, 0) is 11.3 Å². The van der Waals surface area contributed by atoms with Gasteiger partial charge in [0.15, 0.2) is 6.61 Å². The molecule has 1 aromatic rings. The predicted octanol–water partition coefficient (Wildman–Crippen LogP) is 1.58. The van der Waals surface area contributed by atoms with Crippen LogP contribution in [0.5, 0.6) is 5.75 Å². The van der Waals surface area contributed by atoms with Gasteiger partial charge in [-0.1, -0.05) is 23.2 Å². The predicted molar refractivity (Wildman–Crippen MR) is 63.9 cm³/mol. The molecule has 88 valence electrons. The number of halogens is 2. The van der Waals surface area contributed by atoms with Gasteiger partial charge in [-0.3, -0.25) is 4.79 Å². The molecule has 0 atom stereocenters. The SMILES string of the molecule is CNC(=O)COc1c(Cl)cc(Cl)cc1CN. The van der Waals surface area contributed by atoms with Crippen LogP contribution in [0, 0.1) is 0 Å². The molecule has 0 bridgehead atoms. The van der Waals surface area contributed by atoms with E-state index in [0.29, 0.717) is 21.4 Å². The third-order valence-corrected chi connectivity index (χ3v) is 2.43. The van der Waals surface area contributed by atoms with Gasteiger partial charge in [0.2, 0.25) is 0 Å². The molecular formula is C10H12Cl2N2O2. The van der Waals surface area contributed by atoms with E-state index in [-0.39, 0.29) is 19.1 Å². The molecule has 0 radical (unpaired) electrons. The topological polar surface area (TPSA) is 64.3 Å². The van der Waals surface area contributed by atoms with Crippen LogP contribution in [0.2, 0.25) is 10.0 Å². The Bertz CT molecular complexity index is 397. The maximum atomic E-state index is 11.0. The molecule has 4 nitrogen and oxygen atoms in total. The smallest absolute Gasteiger partial charge is 0.257 e. The lowest BCUT2D eigenvalue weighted by molar-refractivity contribution is -0.122. The first-order chi connectivity index (χ1) is 7.58. The van der Waals surface area contributed by atoms with Crippen LogP contribution < -0.4 is 15.8 Å². The van der Waals surface area contributed by atoms with Crippen molar-refractivity contribution >= 4 is 29.1 Å². The number of carbonyl (C=O) groups excluding carboxylic acids is 1. The molecule has 0 unspecified atom stereocenters. The van der Waals surface area contributed by atoms with Crippen LogP contribution in [0.1, 0.15) is 5.56 Å². The Hall–Kier alpha value is -0.970. The summed E-state index contributed by atoms with van der Waals surface area (Å²) in [6.45, 7) is 0.133. The maximum absolute atomic E-state index is 11.0. The van der Waals surface area contributed by atoms with Gasteiger partial charge in [0, 0.05) is 24.2 Å². The van der Waals surface area contributed by atoms with Gasteiger partial charge in [0.25, 0.3) is 5.91 Å². The number of carbonyl (C=O) groups is 1. The number of likely N-dealkylation sites (N-methyl/N-ethyl adjacent to an activating group) is 1. The van der Waals surface area contributed by atoms with Crippen molar-refractivity contribution in [3.8, 4) is 5.75 Å². The Morgan fingerprint density at radius 3 is 2.75 bits per heavy atom. The van der Waals surface area contributed by atoms with Crippen molar-refractivity contribution in [2.75, 3.05) is 13.7 Å². The minimum Gasteiger partial charge on any atom is -0.482 e. The number of hydrogen-bond donors (Lipinski definition) is 2. The maximum Gasteiger partial charge on any atom is 0.257 e. The molecule has 0 saturated carbocycles. The number of hydrogen-bond acceptors (Lipinski definition) is 3. The third kappa shape index (κ3) is 3.27. The van der Waals surface area contributed by atoms with Crippen molar-refractivity contribution in [2.45, 2.75) is 6.54 Å². The number of nitrogens with one attached hydrogen (secondary N) is 1. The molecule has 1 rings (SSSR count). The second-order valence-electron chi connectivity index (χ2n) is 3.04. The van der Waals surface area contributed by atoms with Gasteiger partial charge in [0.1, 0.15) is 5.75 Å². The Labute approximate surface area is 104 Å². The summed E-state index contributed by atoms with van der Waals surface area (Å²) in [4.78, 5) is 11.0. The van der Waals surface area contributed by atoms with Crippen molar-refractivity contribution in [1.82, 2.24) is 5.32 Å². The molecule has 0 fully saturated rings. The molecule has 1 amide bonds. The lowest BCUT2D eigenvalue weighted by Crippen LogP contribution is -2.25. The lowest BCUT2D eigenvalue weighted by Gasteiger charge is -2.12. The molecule has 3 N–H and O–H groups in total. The fourth-order valence-electron chi connectivity index (χ4n) is 1.14. The molecule has 0 spiro atoms. The van der Waals surface area contributed by atoms with Crippen LogP contribution in [0.4, 0.5) is 0 Å². The van der Waals surface area contributed by atoms with Crippen LogP contribution in [-0.4, -0.2) is 19.6 Å². The zero-order chi connectivity index (χ0) is 12.1. The van der Waals surface area contributed by atoms with E-state index >= 15 is 0 Å². The van der Waals surface area contributed by atoms with Crippen LogP contribution in [0.15, 0.2) is 12.1 Å². The first-order valence-electron chi connectivity index (χ1n) is 4.59. The monoisotopic (exact) mass is 262 g/mol. The summed E-state index contributed by atoms with van der Waals surface area (Å²) in [5.74, 6) is 0.158. The van der Waals surface area contributed by atoms with E-state index in [0.717, 1.165) is 0 Å². The van der Waals surface area contributed by atoms with Crippen molar-refractivity contribution in [3.05, 3.63) is 27.7 Å². The Morgan fingerprint density at radius 2 is 2.19 bits per heavy atom. The summed E-state index contributed by atoms with van der Waals surface area (Å²) >= 11 is 11.8. The molecule has 0 aliphatic rings.